The van der Waals surface area contributed by atoms with Crippen LogP contribution in [0.5, 0.6) is 5.75 Å². The summed E-state index contributed by atoms with van der Waals surface area (Å²) in [5.41, 5.74) is 0.755. The van der Waals surface area contributed by atoms with Gasteiger partial charge in [0.15, 0.2) is 0 Å². The average Bonchev–Trinajstić information content (AvgIpc) is 2.47. The first-order valence-corrected chi connectivity index (χ1v) is 7.94. The Morgan fingerprint density at radius 2 is 1.77 bits per heavy atom. The lowest BCUT2D eigenvalue weighted by atomic mass is 10.3. The van der Waals surface area contributed by atoms with E-state index in [1.807, 2.05) is 0 Å². The van der Waals surface area contributed by atoms with Crippen molar-refractivity contribution < 1.29 is 17.9 Å². The quantitative estimate of drug-likeness (QED) is 0.886. The number of sulfonamides is 1. The fourth-order valence-corrected chi connectivity index (χ4v) is 2.95. The molecule has 0 aliphatic heterocycles. The zero-order valence-electron chi connectivity index (χ0n) is 12.2. The third-order valence-electron chi connectivity index (χ3n) is 2.82. The maximum atomic E-state index is 12.4. The first-order valence-electron chi connectivity index (χ1n) is 6.46. The predicted molar refractivity (Wildman–Crippen MR) is 84.5 cm³/mol. The van der Waals surface area contributed by atoms with Crippen LogP contribution in [0.15, 0.2) is 53.4 Å². The van der Waals surface area contributed by atoms with Crippen molar-refractivity contribution in [3.8, 4) is 5.75 Å². The van der Waals surface area contributed by atoms with E-state index in [1.54, 1.807) is 30.3 Å². The largest absolute Gasteiger partial charge is 0.495 e. The number of hydrogen-bond donors (Lipinski definition) is 2. The summed E-state index contributed by atoms with van der Waals surface area (Å²) >= 11 is 0. The minimum absolute atomic E-state index is 0.0286. The molecular formula is C15H16N2O4S. The molecule has 2 aromatic rings. The van der Waals surface area contributed by atoms with E-state index in [2.05, 4.69) is 10.0 Å². The van der Waals surface area contributed by atoms with Gasteiger partial charge in [-0.1, -0.05) is 18.2 Å². The molecular weight excluding hydrogens is 304 g/mol. The smallest absolute Gasteiger partial charge is 0.261 e. The van der Waals surface area contributed by atoms with Crippen LogP contribution in [0.4, 0.5) is 11.4 Å². The number of rotatable bonds is 5. The number of benzene rings is 2. The van der Waals surface area contributed by atoms with Gasteiger partial charge >= 0.3 is 0 Å². The molecule has 0 aliphatic carbocycles. The van der Waals surface area contributed by atoms with E-state index in [0.717, 1.165) is 0 Å². The zero-order chi connectivity index (χ0) is 16.2. The molecule has 0 saturated carbocycles. The summed E-state index contributed by atoms with van der Waals surface area (Å²) in [6.45, 7) is 1.34. The van der Waals surface area contributed by atoms with E-state index >= 15 is 0 Å². The van der Waals surface area contributed by atoms with Gasteiger partial charge in [0.2, 0.25) is 5.91 Å². The molecule has 0 saturated heterocycles. The minimum atomic E-state index is -3.75. The van der Waals surface area contributed by atoms with Crippen molar-refractivity contribution >= 4 is 27.3 Å². The molecule has 116 valence electrons. The topological polar surface area (TPSA) is 84.5 Å². The predicted octanol–water partition coefficient (Wildman–Crippen LogP) is 2.45. The second kappa shape index (κ2) is 6.48. The van der Waals surface area contributed by atoms with E-state index in [4.69, 9.17) is 4.74 Å². The van der Waals surface area contributed by atoms with Gasteiger partial charge in [-0.25, -0.2) is 8.42 Å². The van der Waals surface area contributed by atoms with Crippen LogP contribution in [0.3, 0.4) is 0 Å². The number of para-hydroxylation sites is 1. The number of anilines is 2. The van der Waals surface area contributed by atoms with Gasteiger partial charge in [0.25, 0.3) is 10.0 Å². The molecule has 0 atom stereocenters. The summed E-state index contributed by atoms with van der Waals surface area (Å²) in [7, 11) is -2.31. The Morgan fingerprint density at radius 1 is 1.09 bits per heavy atom. The highest BCUT2D eigenvalue weighted by atomic mass is 32.2. The summed E-state index contributed by atoms with van der Waals surface area (Å²) < 4.78 is 32.3. The van der Waals surface area contributed by atoms with Gasteiger partial charge in [0.1, 0.15) is 5.75 Å². The highest BCUT2D eigenvalue weighted by molar-refractivity contribution is 7.92. The summed E-state index contributed by atoms with van der Waals surface area (Å²) in [6, 6.07) is 12.8. The Bertz CT molecular complexity index is 773. The monoisotopic (exact) mass is 320 g/mol. The average molecular weight is 320 g/mol. The fourth-order valence-electron chi connectivity index (χ4n) is 1.86. The number of nitrogens with one attached hydrogen (secondary N) is 2. The molecule has 2 rings (SSSR count). The second-order valence-electron chi connectivity index (χ2n) is 4.51. The minimum Gasteiger partial charge on any atom is -0.495 e. The van der Waals surface area contributed by atoms with Crippen LogP contribution in [0.25, 0.3) is 0 Å². The molecule has 0 bridgehead atoms. The van der Waals surface area contributed by atoms with Gasteiger partial charge in [-0.2, -0.15) is 0 Å². The lowest BCUT2D eigenvalue weighted by molar-refractivity contribution is -0.114. The first-order chi connectivity index (χ1) is 10.4. The van der Waals surface area contributed by atoms with Crippen LogP contribution in [-0.4, -0.2) is 21.4 Å². The van der Waals surface area contributed by atoms with Crippen LogP contribution in [-0.2, 0) is 14.8 Å². The molecule has 0 spiro atoms. The van der Waals surface area contributed by atoms with Crippen molar-refractivity contribution in [3.05, 3.63) is 48.5 Å². The van der Waals surface area contributed by atoms with Crippen LogP contribution in [0.1, 0.15) is 6.92 Å². The van der Waals surface area contributed by atoms with Gasteiger partial charge < -0.3 is 10.1 Å². The van der Waals surface area contributed by atoms with Crippen LogP contribution in [0.2, 0.25) is 0 Å². The lowest BCUT2D eigenvalue weighted by Gasteiger charge is -2.12. The molecule has 0 fully saturated rings. The van der Waals surface area contributed by atoms with Crippen molar-refractivity contribution in [2.45, 2.75) is 11.8 Å². The molecule has 0 aliphatic rings. The molecule has 0 aromatic heterocycles. The summed E-state index contributed by atoms with van der Waals surface area (Å²) in [5.74, 6) is 0.0673. The Balaban J connectivity index is 2.36. The lowest BCUT2D eigenvalue weighted by Crippen LogP contribution is -2.14. The molecule has 22 heavy (non-hydrogen) atoms. The number of amides is 1. The molecule has 0 unspecified atom stereocenters. The maximum absolute atomic E-state index is 12.4. The molecule has 2 aromatic carbocycles. The van der Waals surface area contributed by atoms with Gasteiger partial charge in [-0.15, -0.1) is 0 Å². The van der Waals surface area contributed by atoms with Crippen molar-refractivity contribution in [2.24, 2.45) is 0 Å². The molecule has 2 N–H and O–H groups in total. The van der Waals surface area contributed by atoms with Crippen molar-refractivity contribution in [2.75, 3.05) is 17.1 Å². The van der Waals surface area contributed by atoms with E-state index < -0.39 is 10.0 Å². The summed E-state index contributed by atoms with van der Waals surface area (Å²) in [5, 5.41) is 2.54. The Hall–Kier alpha value is -2.54. The van der Waals surface area contributed by atoms with Crippen molar-refractivity contribution in [1.82, 2.24) is 0 Å². The first kappa shape index (κ1) is 15.8. The van der Waals surface area contributed by atoms with E-state index in [-0.39, 0.29) is 10.8 Å². The fraction of sp³-hybridized carbons (Fsp3) is 0.133. The van der Waals surface area contributed by atoms with Crippen LogP contribution in [0, 0.1) is 0 Å². The van der Waals surface area contributed by atoms with Gasteiger partial charge in [-0.3, -0.25) is 9.52 Å². The van der Waals surface area contributed by atoms with Crippen molar-refractivity contribution in [1.29, 1.82) is 0 Å². The maximum Gasteiger partial charge on any atom is 0.261 e. The normalized spacial score (nSPS) is 10.8. The highest BCUT2D eigenvalue weighted by Gasteiger charge is 2.17. The number of methoxy groups -OCH3 is 1. The Labute approximate surface area is 129 Å². The van der Waals surface area contributed by atoms with E-state index in [1.165, 1.54) is 32.2 Å². The molecule has 0 radical (unpaired) electrons. The third kappa shape index (κ3) is 3.76. The van der Waals surface area contributed by atoms with Gasteiger partial charge in [0, 0.05) is 12.6 Å². The summed E-state index contributed by atoms with van der Waals surface area (Å²) in [6.07, 6.45) is 0. The number of carbonyl (C=O) groups is 1. The number of ether oxygens (including phenoxy) is 1. The molecule has 6 nitrogen and oxygen atoms in total. The Kier molecular flexibility index (Phi) is 4.67. The number of carbonyl (C=O) groups excluding carboxylic acids is 1. The SMILES string of the molecule is COc1ccc(S(=O)(=O)Nc2ccccc2)cc1NC(C)=O. The van der Waals surface area contributed by atoms with Crippen LogP contribution < -0.4 is 14.8 Å². The number of hydrogen-bond acceptors (Lipinski definition) is 4. The van der Waals surface area contributed by atoms with Gasteiger partial charge in [-0.05, 0) is 30.3 Å². The molecule has 1 amide bonds. The second-order valence-corrected chi connectivity index (χ2v) is 6.20. The highest BCUT2D eigenvalue weighted by Crippen LogP contribution is 2.28. The summed E-state index contributed by atoms with van der Waals surface area (Å²) in [4.78, 5) is 11.2. The van der Waals surface area contributed by atoms with E-state index in [0.29, 0.717) is 17.1 Å². The van der Waals surface area contributed by atoms with Crippen LogP contribution >= 0.6 is 0 Å². The standard InChI is InChI=1S/C15H16N2O4S/c1-11(18)16-14-10-13(8-9-15(14)21-2)22(19,20)17-12-6-4-3-5-7-12/h3-10,17H,1-2H3,(H,16,18). The van der Waals surface area contributed by atoms with Crippen molar-refractivity contribution in [3.63, 3.8) is 0 Å². The van der Waals surface area contributed by atoms with Gasteiger partial charge in [0.05, 0.1) is 17.7 Å². The third-order valence-corrected chi connectivity index (χ3v) is 4.20. The zero-order valence-corrected chi connectivity index (χ0v) is 13.0. The molecule has 0 heterocycles. The Morgan fingerprint density at radius 3 is 2.36 bits per heavy atom. The van der Waals surface area contributed by atoms with E-state index in [9.17, 15) is 13.2 Å². The molecule has 7 heteroatoms.